The third-order valence-electron chi connectivity index (χ3n) is 16.3. The van der Waals surface area contributed by atoms with Crippen LogP contribution in [0.25, 0.3) is 99.3 Å². The summed E-state index contributed by atoms with van der Waals surface area (Å²) in [4.78, 5) is 0. The number of benzene rings is 7. The first-order valence-electron chi connectivity index (χ1n) is 25.4. The van der Waals surface area contributed by atoms with Gasteiger partial charge in [-0.1, -0.05) is 126 Å². The van der Waals surface area contributed by atoms with E-state index in [2.05, 4.69) is 238 Å². The van der Waals surface area contributed by atoms with Crippen molar-refractivity contribution >= 4 is 88.7 Å². The average Bonchev–Trinajstić information content (AvgIpc) is 3.95. The molecule has 0 N–H and O–H groups in total. The zero-order valence-electron chi connectivity index (χ0n) is 43.5. The van der Waals surface area contributed by atoms with E-state index in [0.29, 0.717) is 0 Å². The van der Waals surface area contributed by atoms with Crippen LogP contribution in [0.4, 0.5) is 0 Å². The van der Waals surface area contributed by atoms with Gasteiger partial charge in [-0.2, -0.15) is 0 Å². The number of pyridine rings is 1. The molecule has 0 saturated carbocycles. The Morgan fingerprint density at radius 3 is 1.50 bits per heavy atom. The normalized spacial score (nSPS) is 13.8. The monoisotopic (exact) mass is 913 g/mol. The number of rotatable bonds is 2. The Kier molecular flexibility index (Phi) is 8.60. The van der Waals surface area contributed by atoms with E-state index >= 15 is 0 Å². The van der Waals surface area contributed by atoms with E-state index in [1.165, 1.54) is 105 Å². The van der Waals surface area contributed by atoms with E-state index < -0.39 is 0 Å². The van der Waals surface area contributed by atoms with Crippen molar-refractivity contribution in [1.82, 2.24) is 9.13 Å². The SMILES string of the molecule is Cc1ccc2c(oc3cc(-c4cc5c6c(c4)-n4c7ccc(C(C)(C)C)cc7c7cc(C(C)(C)C)cc(c74)B6c4cc(C(C)(C)C)cc6c7cc(C(C)(C)C)ccc7n-5c46)ccc32)c1-c1cccc[n+]1C. The van der Waals surface area contributed by atoms with Crippen molar-refractivity contribution in [2.45, 2.75) is 112 Å². The van der Waals surface area contributed by atoms with Gasteiger partial charge in [-0.05, 0) is 151 Å². The number of aryl methyl sites for hydroxylation is 2. The maximum Gasteiger partial charge on any atom is 0.252 e. The van der Waals surface area contributed by atoms with E-state index in [1.54, 1.807) is 0 Å². The Morgan fingerprint density at radius 1 is 0.471 bits per heavy atom. The van der Waals surface area contributed by atoms with Crippen molar-refractivity contribution in [3.63, 3.8) is 0 Å². The van der Waals surface area contributed by atoms with E-state index in [4.69, 9.17) is 4.42 Å². The quantitative estimate of drug-likeness (QED) is 0.125. The summed E-state index contributed by atoms with van der Waals surface area (Å²) in [5, 5.41) is 7.59. The molecular formula is C65H63BN3O+. The third kappa shape index (κ3) is 5.99. The Morgan fingerprint density at radius 2 is 0.986 bits per heavy atom. The van der Waals surface area contributed by atoms with Crippen LogP contribution in [0.2, 0.25) is 0 Å². The third-order valence-corrected chi connectivity index (χ3v) is 16.3. The zero-order valence-corrected chi connectivity index (χ0v) is 43.5. The maximum atomic E-state index is 7.04. The molecule has 0 saturated heterocycles. The largest absolute Gasteiger partial charge is 0.455 e. The van der Waals surface area contributed by atoms with Gasteiger partial charge in [0.25, 0.3) is 6.71 Å². The van der Waals surface area contributed by atoms with E-state index in [1.807, 2.05) is 0 Å². The van der Waals surface area contributed by atoms with Crippen LogP contribution in [0.3, 0.4) is 0 Å². The van der Waals surface area contributed by atoms with Crippen molar-refractivity contribution in [2.24, 2.45) is 7.05 Å². The first-order valence-corrected chi connectivity index (χ1v) is 25.4. The van der Waals surface area contributed by atoms with Gasteiger partial charge in [0.05, 0.1) is 16.6 Å². The van der Waals surface area contributed by atoms with Crippen LogP contribution < -0.4 is 21.0 Å². The molecule has 0 spiro atoms. The molecule has 2 aliphatic rings. The second-order valence-corrected chi connectivity index (χ2v) is 25.1. The highest BCUT2D eigenvalue weighted by Crippen LogP contribution is 2.45. The predicted octanol–water partition coefficient (Wildman–Crippen LogP) is 14.6. The summed E-state index contributed by atoms with van der Waals surface area (Å²) in [6, 6.07) is 47.5. The predicted molar refractivity (Wildman–Crippen MR) is 299 cm³/mol. The molecule has 346 valence electrons. The molecule has 0 atom stereocenters. The molecule has 0 fully saturated rings. The second kappa shape index (κ2) is 13.9. The van der Waals surface area contributed by atoms with Crippen LogP contribution >= 0.6 is 0 Å². The van der Waals surface area contributed by atoms with Crippen LogP contribution in [0, 0.1) is 6.92 Å². The zero-order chi connectivity index (χ0) is 48.9. The smallest absolute Gasteiger partial charge is 0.252 e. The van der Waals surface area contributed by atoms with E-state index in [-0.39, 0.29) is 28.4 Å². The fourth-order valence-electron chi connectivity index (χ4n) is 12.3. The number of hydrogen-bond acceptors (Lipinski definition) is 1. The highest BCUT2D eigenvalue weighted by molar-refractivity contribution is 7.00. The Labute approximate surface area is 412 Å². The molecule has 6 heterocycles. The summed E-state index contributed by atoms with van der Waals surface area (Å²) in [7, 11) is 2.11. The minimum Gasteiger partial charge on any atom is -0.455 e. The molecule has 11 aromatic rings. The Bertz CT molecular complexity index is 3940. The molecule has 70 heavy (non-hydrogen) atoms. The molecule has 0 unspecified atom stereocenters. The molecular weight excluding hydrogens is 850 g/mol. The van der Waals surface area contributed by atoms with Gasteiger partial charge in [-0.15, -0.1) is 0 Å². The number of nitrogens with zero attached hydrogens (tertiary/aromatic N) is 3. The summed E-state index contributed by atoms with van der Waals surface area (Å²) >= 11 is 0. The number of furan rings is 1. The summed E-state index contributed by atoms with van der Waals surface area (Å²) < 4.78 is 14.5. The first-order chi connectivity index (χ1) is 33.1. The summed E-state index contributed by atoms with van der Waals surface area (Å²) in [5.74, 6) is 0. The van der Waals surface area contributed by atoms with Gasteiger partial charge >= 0.3 is 0 Å². The lowest BCUT2D eigenvalue weighted by molar-refractivity contribution is -0.660. The number of hydrogen-bond donors (Lipinski definition) is 0. The van der Waals surface area contributed by atoms with Crippen molar-refractivity contribution in [3.05, 3.63) is 155 Å². The molecule has 2 aliphatic heterocycles. The van der Waals surface area contributed by atoms with E-state index in [0.717, 1.165) is 38.8 Å². The standard InChI is InChI=1S/C65H63BN3O/c1-36-18-22-44-43-23-19-37(29-56(43)70-61(44)57(36)53-17-15-16-26-67(53)14)38-27-54-58-55(28-38)69-52-25-21-40(63(5,6)7)31-46(52)48-33-42(65(11,12)13)35-50(60(48)69)66(58)49-34-41(64(8,9)10)32-47-45-30-39(62(2,3)4)20-24-51(45)68(54)59(47)49/h15-35H,1-14H3/q+1. The molecule has 13 rings (SSSR count). The minimum atomic E-state index is -0.0588. The second-order valence-electron chi connectivity index (χ2n) is 25.1. The Balaban J connectivity index is 1.18. The lowest BCUT2D eigenvalue weighted by atomic mass is 9.34. The molecule has 7 aromatic carbocycles. The molecule has 4 nitrogen and oxygen atoms in total. The highest BCUT2D eigenvalue weighted by Gasteiger charge is 2.43. The topological polar surface area (TPSA) is 26.9 Å². The van der Waals surface area contributed by atoms with Gasteiger partial charge in [-0.3, -0.25) is 0 Å². The van der Waals surface area contributed by atoms with Gasteiger partial charge < -0.3 is 13.6 Å². The van der Waals surface area contributed by atoms with E-state index in [9.17, 15) is 0 Å². The molecule has 5 heteroatoms. The average molecular weight is 913 g/mol. The summed E-state index contributed by atoms with van der Waals surface area (Å²) in [6.07, 6.45) is 2.11. The number of aromatic nitrogens is 3. The lowest BCUT2D eigenvalue weighted by Gasteiger charge is -2.36. The van der Waals surface area contributed by atoms with Crippen molar-refractivity contribution < 1.29 is 8.98 Å². The molecule has 0 amide bonds. The summed E-state index contributed by atoms with van der Waals surface area (Å²) in [6.45, 7) is 30.5. The molecule has 4 aromatic heterocycles. The van der Waals surface area contributed by atoms with Crippen molar-refractivity contribution in [1.29, 1.82) is 0 Å². The number of fused-ring (bicyclic) bond motifs is 13. The minimum absolute atomic E-state index is 0.000921. The van der Waals surface area contributed by atoms with Gasteiger partial charge in [0.15, 0.2) is 6.20 Å². The van der Waals surface area contributed by atoms with Crippen LogP contribution in [-0.4, -0.2) is 15.8 Å². The van der Waals surface area contributed by atoms with Crippen molar-refractivity contribution in [2.75, 3.05) is 0 Å². The molecule has 0 bridgehead atoms. The molecule has 0 aliphatic carbocycles. The van der Waals surface area contributed by atoms with Gasteiger partial charge in [0, 0.05) is 66.9 Å². The molecule has 0 radical (unpaired) electrons. The van der Waals surface area contributed by atoms with Crippen LogP contribution in [-0.2, 0) is 28.7 Å². The Hall–Kier alpha value is -6.85. The highest BCUT2D eigenvalue weighted by atomic mass is 16.3. The summed E-state index contributed by atoms with van der Waals surface area (Å²) in [5.41, 5.74) is 24.8. The maximum absolute atomic E-state index is 7.04. The van der Waals surface area contributed by atoms with Crippen LogP contribution in [0.15, 0.2) is 132 Å². The van der Waals surface area contributed by atoms with Crippen LogP contribution in [0.1, 0.15) is 111 Å². The van der Waals surface area contributed by atoms with Crippen LogP contribution in [0.5, 0.6) is 0 Å². The van der Waals surface area contributed by atoms with Gasteiger partial charge in [0.1, 0.15) is 18.2 Å². The fraction of sp³-hybridized carbons (Fsp3) is 0.277. The first kappa shape index (κ1) is 43.2. The van der Waals surface area contributed by atoms with Crippen molar-refractivity contribution in [3.8, 4) is 33.8 Å². The van der Waals surface area contributed by atoms with Gasteiger partial charge in [0.2, 0.25) is 5.69 Å². The van der Waals surface area contributed by atoms with Gasteiger partial charge in [-0.25, -0.2) is 4.57 Å². The lowest BCUT2D eigenvalue weighted by Crippen LogP contribution is -2.59. The fourth-order valence-corrected chi connectivity index (χ4v) is 12.3.